The maximum absolute atomic E-state index is 14.5. The van der Waals surface area contributed by atoms with E-state index in [2.05, 4.69) is 75.5 Å². The zero-order valence-corrected chi connectivity index (χ0v) is 24.1. The zero-order valence-electron chi connectivity index (χ0n) is 22.9. The van der Waals surface area contributed by atoms with Crippen molar-refractivity contribution >= 4 is 25.4 Å². The summed E-state index contributed by atoms with van der Waals surface area (Å²) >= 11 is 0. The molecule has 5 aromatic rings. The Morgan fingerprint density at radius 1 is 1.00 bits per heavy atom. The third-order valence-corrected chi connectivity index (χ3v) is 7.36. The van der Waals surface area contributed by atoms with Gasteiger partial charge in [-0.05, 0) is 65.4 Å². The first-order valence-electron chi connectivity index (χ1n) is 13.4. The molecule has 0 radical (unpaired) electrons. The number of ether oxygens (including phenoxy) is 1. The second-order valence-corrected chi connectivity index (χ2v) is 11.6. The van der Waals surface area contributed by atoms with Crippen LogP contribution < -0.4 is 10.0 Å². The normalized spacial score (nSPS) is 12.6. The Morgan fingerprint density at radius 2 is 1.80 bits per heavy atom. The fourth-order valence-electron chi connectivity index (χ4n) is 5.09. The van der Waals surface area contributed by atoms with Crippen LogP contribution in [-0.4, -0.2) is 26.7 Å². The molecular weight excluding hydrogens is 525 g/mol. The summed E-state index contributed by atoms with van der Waals surface area (Å²) in [5.41, 5.74) is 5.11. The summed E-state index contributed by atoms with van der Waals surface area (Å²) in [5.74, 6) is 0.451. The summed E-state index contributed by atoms with van der Waals surface area (Å²) in [6.07, 6.45) is 2.11. The number of hydrogen-bond acceptors (Lipinski definition) is 4. The van der Waals surface area contributed by atoms with Crippen molar-refractivity contribution in [2.24, 2.45) is 5.41 Å². The Bertz CT molecular complexity index is 1620. The van der Waals surface area contributed by atoms with Crippen molar-refractivity contribution in [3.8, 4) is 17.0 Å². The maximum Gasteiger partial charge on any atom is 0.139 e. The van der Waals surface area contributed by atoms with Gasteiger partial charge in [0.25, 0.3) is 0 Å². The average Bonchev–Trinajstić information content (AvgIpc) is 3.41. The predicted octanol–water partition coefficient (Wildman–Crippen LogP) is 7.25. The summed E-state index contributed by atoms with van der Waals surface area (Å²) in [4.78, 5) is 6.15. The van der Waals surface area contributed by atoms with E-state index in [4.69, 9.17) is 4.74 Å². The van der Waals surface area contributed by atoms with E-state index in [-0.39, 0.29) is 23.8 Å². The van der Waals surface area contributed by atoms with Gasteiger partial charge in [0.15, 0.2) is 0 Å². The fraction of sp³-hybridized carbons (Fsp3) is 0.281. The number of aryl methyl sites for hydroxylation is 1. The van der Waals surface area contributed by atoms with Crippen molar-refractivity contribution in [3.05, 3.63) is 102 Å². The van der Waals surface area contributed by atoms with Gasteiger partial charge in [0, 0.05) is 22.2 Å². The van der Waals surface area contributed by atoms with E-state index < -0.39 is 6.67 Å². The second kappa shape index (κ2) is 11.8. The summed E-state index contributed by atoms with van der Waals surface area (Å²) in [5, 5.41) is 10.0. The minimum atomic E-state index is -0.409. The van der Waals surface area contributed by atoms with Crippen LogP contribution in [0.5, 0.6) is 5.75 Å². The Balaban J connectivity index is 1.52. The molecule has 0 spiro atoms. The van der Waals surface area contributed by atoms with Crippen LogP contribution in [0.25, 0.3) is 22.2 Å². The zero-order chi connectivity index (χ0) is 28.3. The molecule has 2 aromatic heterocycles. The van der Waals surface area contributed by atoms with Crippen LogP contribution in [0, 0.1) is 11.2 Å². The van der Waals surface area contributed by atoms with Crippen LogP contribution in [-0.2, 0) is 13.2 Å². The lowest BCUT2D eigenvalue weighted by Crippen LogP contribution is -2.20. The van der Waals surface area contributed by atoms with E-state index in [0.717, 1.165) is 16.8 Å². The molecule has 5 rings (SSSR count). The first-order valence-corrected chi connectivity index (χ1v) is 13.9. The highest BCUT2D eigenvalue weighted by Crippen LogP contribution is 2.45. The molecule has 0 saturated heterocycles. The molecule has 40 heavy (non-hydrogen) atoms. The van der Waals surface area contributed by atoms with E-state index >= 15 is 0 Å². The van der Waals surface area contributed by atoms with Crippen LogP contribution in [0.15, 0.2) is 79.0 Å². The number of hydrogen-bond donors (Lipinski definition) is 0. The number of benzene rings is 3. The summed E-state index contributed by atoms with van der Waals surface area (Å²) < 4.78 is 33.4. The molecule has 8 heteroatoms. The monoisotopic (exact) mass is 558 g/mol. The number of halogens is 2. The molecule has 5 nitrogen and oxygen atoms in total. The number of fused-ring (bicyclic) bond motifs is 1. The Kier molecular flexibility index (Phi) is 8.22. The first kappa shape index (κ1) is 27.9. The first-order chi connectivity index (χ1) is 19.2. The third-order valence-electron chi connectivity index (χ3n) is 6.92. The van der Waals surface area contributed by atoms with E-state index in [9.17, 15) is 8.78 Å². The molecule has 206 valence electrons. The Morgan fingerprint density at radius 3 is 2.55 bits per heavy atom. The van der Waals surface area contributed by atoms with Gasteiger partial charge >= 0.3 is 0 Å². The molecule has 0 fully saturated rings. The number of alkyl halides is 1. The summed E-state index contributed by atoms with van der Waals surface area (Å²) in [6, 6.07) is 23.5. The highest BCUT2D eigenvalue weighted by molar-refractivity contribution is 7.27. The molecule has 2 atom stereocenters. The minimum Gasteiger partial charge on any atom is -0.487 e. The van der Waals surface area contributed by atoms with Gasteiger partial charge in [-0.2, -0.15) is 15.0 Å². The van der Waals surface area contributed by atoms with Gasteiger partial charge in [0.05, 0.1) is 30.6 Å². The Labute approximate surface area is 235 Å². The van der Waals surface area contributed by atoms with Crippen LogP contribution in [0.1, 0.15) is 49.9 Å². The molecule has 0 amide bonds. The predicted molar refractivity (Wildman–Crippen MR) is 159 cm³/mol. The van der Waals surface area contributed by atoms with Gasteiger partial charge in [-0.1, -0.05) is 51.1 Å². The Hall–Kier alpha value is -3.70. The number of nitrogens with zero attached hydrogens (tertiary/aromatic N) is 4. The lowest BCUT2D eigenvalue weighted by molar-refractivity contribution is 0.300. The molecule has 0 saturated carbocycles. The number of pyridine rings is 1. The van der Waals surface area contributed by atoms with Crippen LogP contribution in [0.3, 0.4) is 0 Å². The highest BCUT2D eigenvalue weighted by Gasteiger charge is 2.31. The second-order valence-electron chi connectivity index (χ2n) is 11.0. The van der Waals surface area contributed by atoms with Crippen molar-refractivity contribution in [2.45, 2.75) is 46.3 Å². The highest BCUT2D eigenvalue weighted by atomic mass is 31.0. The fourth-order valence-corrected chi connectivity index (χ4v) is 5.34. The van der Waals surface area contributed by atoms with Crippen molar-refractivity contribution in [1.29, 1.82) is 0 Å². The van der Waals surface area contributed by atoms with E-state index in [0.29, 0.717) is 40.6 Å². The smallest absolute Gasteiger partial charge is 0.139 e. The molecule has 2 heterocycles. The van der Waals surface area contributed by atoms with Crippen LogP contribution in [0.4, 0.5) is 8.78 Å². The van der Waals surface area contributed by atoms with Gasteiger partial charge < -0.3 is 4.74 Å². The van der Waals surface area contributed by atoms with Crippen molar-refractivity contribution in [3.63, 3.8) is 0 Å². The topological polar surface area (TPSA) is 52.8 Å². The average molecular weight is 559 g/mol. The molecule has 0 aliphatic heterocycles. The van der Waals surface area contributed by atoms with Gasteiger partial charge in [0.1, 0.15) is 23.9 Å². The lowest BCUT2D eigenvalue weighted by atomic mass is 9.71. The van der Waals surface area contributed by atoms with Gasteiger partial charge in [-0.25, -0.2) is 9.37 Å². The maximum atomic E-state index is 14.5. The number of rotatable bonds is 9. The molecular formula is C32H33F2N4OP. The third kappa shape index (κ3) is 6.05. The van der Waals surface area contributed by atoms with Gasteiger partial charge in [0.2, 0.25) is 0 Å². The van der Waals surface area contributed by atoms with Crippen molar-refractivity contribution < 1.29 is 13.5 Å². The van der Waals surface area contributed by atoms with Gasteiger partial charge in [-0.3, -0.25) is 4.39 Å². The van der Waals surface area contributed by atoms with E-state index in [1.165, 1.54) is 5.56 Å². The van der Waals surface area contributed by atoms with E-state index in [1.54, 1.807) is 29.2 Å². The quantitative estimate of drug-likeness (QED) is 0.179. The molecule has 0 aliphatic carbocycles. The minimum absolute atomic E-state index is 0.0334. The largest absolute Gasteiger partial charge is 0.487 e. The van der Waals surface area contributed by atoms with Crippen molar-refractivity contribution in [2.75, 3.05) is 6.67 Å². The summed E-state index contributed by atoms with van der Waals surface area (Å²) in [6.45, 7) is 6.92. The molecule has 0 aliphatic rings. The van der Waals surface area contributed by atoms with Crippen LogP contribution >= 0.6 is 9.24 Å². The molecule has 2 unspecified atom stereocenters. The molecule has 0 bridgehead atoms. The lowest BCUT2D eigenvalue weighted by Gasteiger charge is -2.33. The number of aromatic nitrogens is 4. The molecule has 0 N–H and O–H groups in total. The van der Waals surface area contributed by atoms with Gasteiger partial charge in [-0.15, -0.1) is 9.24 Å². The van der Waals surface area contributed by atoms with Crippen molar-refractivity contribution in [1.82, 2.24) is 20.0 Å². The SMILES string of the molecule is CC(C)(C)C(c1ccccc1)c1cc(OCc2ccc3c(F)c(P)ccc3n2)ccc1-c1cnn(CCCF)n1. The van der Waals surface area contributed by atoms with E-state index in [1.807, 2.05) is 24.3 Å². The summed E-state index contributed by atoms with van der Waals surface area (Å²) in [7, 11) is 2.41. The standard InChI is InChI=1S/C32H33F2N4OP/c1-32(2,3)30(21-8-5-4-6-9-21)26-18-23(11-13-24(26)28-19-35-38(37-28)17-7-16-33)39-20-22-10-12-25-27(36-22)14-15-29(40)31(25)34/h4-6,8-15,18-19,30H,7,16-17,20,40H2,1-3H3. The molecule has 3 aromatic carbocycles. The van der Waals surface area contributed by atoms with Crippen LogP contribution in [0.2, 0.25) is 0 Å².